The van der Waals surface area contributed by atoms with Crippen LogP contribution in [0.1, 0.15) is 18.1 Å². The van der Waals surface area contributed by atoms with Gasteiger partial charge in [0.25, 0.3) is 5.91 Å². The fraction of sp³-hybridized carbons (Fsp3) is 0.174. The average molecular weight is 454 g/mol. The molecule has 0 aromatic heterocycles. The first kappa shape index (κ1) is 21.2. The molecule has 0 radical (unpaired) electrons. The van der Waals surface area contributed by atoms with Crippen LogP contribution in [-0.2, 0) is 4.79 Å². The van der Waals surface area contributed by atoms with Crippen LogP contribution < -0.4 is 9.47 Å². The number of rotatable bonds is 6. The highest BCUT2D eigenvalue weighted by atomic mass is 35.5. The number of hydrogen-bond donors (Lipinski definition) is 1. The third-order valence-electron chi connectivity index (χ3n) is 4.65. The van der Waals surface area contributed by atoms with Crippen LogP contribution in [0.2, 0.25) is 5.02 Å². The first-order valence-electron chi connectivity index (χ1n) is 9.61. The summed E-state index contributed by atoms with van der Waals surface area (Å²) >= 11 is 7.71. The van der Waals surface area contributed by atoms with Gasteiger partial charge in [-0.05, 0) is 60.7 Å². The standard InChI is InChI=1S/C23H20ClN3O3S/c1-14-4-3-5-17(10-14)29-8-9-30-20-7-6-16(12-19(20)24)11-18-21(25)27-15(2)13-31-23(27)26-22(18)28/h3-7,10-13,25H,8-9H2,1-2H3/b18-11+,25-21?. The second kappa shape index (κ2) is 8.99. The smallest absolute Gasteiger partial charge is 0.283 e. The average Bonchev–Trinajstić information content (AvgIpc) is 3.10. The zero-order chi connectivity index (χ0) is 22.0. The van der Waals surface area contributed by atoms with Crippen molar-refractivity contribution in [3.63, 3.8) is 0 Å². The molecule has 0 aliphatic carbocycles. The predicted molar refractivity (Wildman–Crippen MR) is 125 cm³/mol. The van der Waals surface area contributed by atoms with E-state index in [1.54, 1.807) is 29.2 Å². The molecule has 158 valence electrons. The van der Waals surface area contributed by atoms with Gasteiger partial charge in [-0.3, -0.25) is 15.1 Å². The second-order valence-corrected chi connectivity index (χ2v) is 8.27. The Bertz CT molecular complexity index is 1160. The van der Waals surface area contributed by atoms with Crippen LogP contribution in [0.4, 0.5) is 0 Å². The number of aliphatic imine (C=N–C) groups is 1. The number of amidine groups is 2. The van der Waals surface area contributed by atoms with Crippen molar-refractivity contribution in [1.29, 1.82) is 5.41 Å². The third kappa shape index (κ3) is 4.68. The summed E-state index contributed by atoms with van der Waals surface area (Å²) in [5.41, 5.74) is 2.90. The van der Waals surface area contributed by atoms with Gasteiger partial charge in [-0.1, -0.05) is 41.6 Å². The number of nitrogens with one attached hydrogen (secondary N) is 1. The van der Waals surface area contributed by atoms with E-state index in [9.17, 15) is 4.79 Å². The molecule has 0 saturated heterocycles. The molecule has 0 spiro atoms. The maximum atomic E-state index is 12.4. The van der Waals surface area contributed by atoms with E-state index >= 15 is 0 Å². The Hall–Kier alpha value is -3.03. The quantitative estimate of drug-likeness (QED) is 0.476. The predicted octanol–water partition coefficient (Wildman–Crippen LogP) is 5.27. The normalized spacial score (nSPS) is 16.9. The number of hydrogen-bond acceptors (Lipinski definition) is 5. The van der Waals surface area contributed by atoms with E-state index in [4.69, 9.17) is 26.5 Å². The summed E-state index contributed by atoms with van der Waals surface area (Å²) in [4.78, 5) is 18.1. The Labute approximate surface area is 189 Å². The van der Waals surface area contributed by atoms with Gasteiger partial charge in [0.15, 0.2) is 5.17 Å². The summed E-state index contributed by atoms with van der Waals surface area (Å²) in [6.45, 7) is 4.62. The molecule has 0 unspecified atom stereocenters. The fourth-order valence-corrected chi connectivity index (χ4v) is 4.25. The Morgan fingerprint density at radius 2 is 1.97 bits per heavy atom. The zero-order valence-electron chi connectivity index (χ0n) is 17.0. The third-order valence-corrected chi connectivity index (χ3v) is 5.89. The molecule has 4 rings (SSSR count). The minimum absolute atomic E-state index is 0.110. The largest absolute Gasteiger partial charge is 0.490 e. The van der Waals surface area contributed by atoms with E-state index in [1.807, 2.05) is 43.5 Å². The van der Waals surface area contributed by atoms with Gasteiger partial charge in [0.05, 0.1) is 10.6 Å². The molecule has 8 heteroatoms. The molecule has 1 amide bonds. The monoisotopic (exact) mass is 453 g/mol. The molecule has 2 aromatic carbocycles. The molecule has 6 nitrogen and oxygen atoms in total. The van der Waals surface area contributed by atoms with Gasteiger partial charge in [-0.25, -0.2) is 0 Å². The topological polar surface area (TPSA) is 75.0 Å². The highest BCUT2D eigenvalue weighted by Gasteiger charge is 2.33. The minimum Gasteiger partial charge on any atom is -0.490 e. The first-order chi connectivity index (χ1) is 14.9. The molecule has 0 saturated carbocycles. The van der Waals surface area contributed by atoms with Gasteiger partial charge in [-0.15, -0.1) is 0 Å². The van der Waals surface area contributed by atoms with Gasteiger partial charge in [0.2, 0.25) is 0 Å². The number of ether oxygens (including phenoxy) is 2. The highest BCUT2D eigenvalue weighted by Crippen LogP contribution is 2.32. The lowest BCUT2D eigenvalue weighted by Gasteiger charge is -2.25. The summed E-state index contributed by atoms with van der Waals surface area (Å²) in [7, 11) is 0. The number of halogens is 1. The van der Waals surface area contributed by atoms with Gasteiger partial charge in [-0.2, -0.15) is 4.99 Å². The molecule has 2 aliphatic heterocycles. The number of allylic oxidation sites excluding steroid dienone is 1. The number of thioether (sulfide) groups is 1. The Balaban J connectivity index is 1.41. The van der Waals surface area contributed by atoms with Crippen molar-refractivity contribution in [1.82, 2.24) is 4.90 Å². The lowest BCUT2D eigenvalue weighted by molar-refractivity contribution is -0.114. The Morgan fingerprint density at radius 1 is 1.16 bits per heavy atom. The molecule has 0 atom stereocenters. The van der Waals surface area contributed by atoms with Crippen LogP contribution >= 0.6 is 23.4 Å². The molecular weight excluding hydrogens is 434 g/mol. The maximum Gasteiger partial charge on any atom is 0.283 e. The van der Waals surface area contributed by atoms with Crippen LogP contribution in [0.15, 0.2) is 64.1 Å². The number of benzene rings is 2. The second-order valence-electron chi connectivity index (χ2n) is 7.02. The molecule has 31 heavy (non-hydrogen) atoms. The Morgan fingerprint density at radius 3 is 2.74 bits per heavy atom. The molecule has 2 aromatic rings. The van der Waals surface area contributed by atoms with Crippen molar-refractivity contribution in [3.8, 4) is 11.5 Å². The van der Waals surface area contributed by atoms with E-state index in [1.165, 1.54) is 11.8 Å². The van der Waals surface area contributed by atoms with Crippen LogP contribution in [0.25, 0.3) is 6.08 Å². The molecule has 1 N–H and O–H groups in total. The summed E-state index contributed by atoms with van der Waals surface area (Å²) in [6, 6.07) is 13.0. The van der Waals surface area contributed by atoms with E-state index in [0.29, 0.717) is 34.7 Å². The van der Waals surface area contributed by atoms with Crippen molar-refractivity contribution in [2.24, 2.45) is 4.99 Å². The first-order valence-corrected chi connectivity index (χ1v) is 10.9. The Kier molecular flexibility index (Phi) is 6.15. The summed E-state index contributed by atoms with van der Waals surface area (Å²) in [6.07, 6.45) is 1.62. The van der Waals surface area contributed by atoms with Crippen LogP contribution in [-0.4, -0.2) is 35.0 Å². The maximum absolute atomic E-state index is 12.4. The number of amides is 1. The van der Waals surface area contributed by atoms with E-state index in [0.717, 1.165) is 17.0 Å². The lowest BCUT2D eigenvalue weighted by Crippen LogP contribution is -2.37. The molecule has 2 heterocycles. The van der Waals surface area contributed by atoms with Crippen LogP contribution in [0, 0.1) is 12.3 Å². The van der Waals surface area contributed by atoms with Gasteiger partial charge in [0.1, 0.15) is 30.5 Å². The highest BCUT2D eigenvalue weighted by molar-refractivity contribution is 8.16. The van der Waals surface area contributed by atoms with E-state index in [2.05, 4.69) is 4.99 Å². The van der Waals surface area contributed by atoms with Crippen molar-refractivity contribution in [2.75, 3.05) is 13.2 Å². The van der Waals surface area contributed by atoms with Crippen molar-refractivity contribution < 1.29 is 14.3 Å². The van der Waals surface area contributed by atoms with Crippen LogP contribution in [0.5, 0.6) is 11.5 Å². The summed E-state index contributed by atoms with van der Waals surface area (Å²) in [5.74, 6) is 0.996. The molecular formula is C23H20ClN3O3S. The minimum atomic E-state index is -0.434. The van der Waals surface area contributed by atoms with Gasteiger partial charge >= 0.3 is 0 Å². The summed E-state index contributed by atoms with van der Waals surface area (Å²) < 4.78 is 11.4. The number of fused-ring (bicyclic) bond motifs is 1. The van der Waals surface area contributed by atoms with Crippen LogP contribution in [0.3, 0.4) is 0 Å². The van der Waals surface area contributed by atoms with Gasteiger partial charge < -0.3 is 9.47 Å². The van der Waals surface area contributed by atoms with E-state index < -0.39 is 5.91 Å². The molecule has 0 bridgehead atoms. The van der Waals surface area contributed by atoms with Gasteiger partial charge in [0, 0.05) is 5.70 Å². The number of aryl methyl sites for hydroxylation is 1. The lowest BCUT2D eigenvalue weighted by atomic mass is 10.1. The molecule has 0 fully saturated rings. The summed E-state index contributed by atoms with van der Waals surface area (Å²) in [5, 5.41) is 11.2. The SMILES string of the molecule is CC1=CSC2=NC(=O)/C(=C/c3ccc(OCCOc4cccc(C)c4)c(Cl)c3)C(=N)N12. The molecule has 2 aliphatic rings. The number of carbonyl (C=O) groups excluding carboxylic acids is 1. The van der Waals surface area contributed by atoms with E-state index in [-0.39, 0.29) is 11.4 Å². The number of carbonyl (C=O) groups is 1. The fourth-order valence-electron chi connectivity index (χ4n) is 3.15. The van der Waals surface area contributed by atoms with Crippen molar-refractivity contribution in [3.05, 3.63) is 75.3 Å². The van der Waals surface area contributed by atoms with Crippen molar-refractivity contribution in [2.45, 2.75) is 13.8 Å². The zero-order valence-corrected chi connectivity index (χ0v) is 18.6. The number of nitrogens with zero attached hydrogens (tertiary/aromatic N) is 2. The van der Waals surface area contributed by atoms with Crippen molar-refractivity contribution >= 4 is 46.3 Å².